The third kappa shape index (κ3) is 6.29. The van der Waals surface area contributed by atoms with Crippen molar-refractivity contribution in [1.29, 1.82) is 0 Å². The summed E-state index contributed by atoms with van der Waals surface area (Å²) in [6.45, 7) is 0.597. The zero-order valence-electron chi connectivity index (χ0n) is 15.4. The molecule has 0 radical (unpaired) electrons. The van der Waals surface area contributed by atoms with Crippen molar-refractivity contribution in [2.45, 2.75) is 12.8 Å². The molecule has 0 unspecified atom stereocenters. The Morgan fingerprint density at radius 1 is 0.963 bits per heavy atom. The fourth-order valence-electron chi connectivity index (χ4n) is 2.50. The molecule has 144 valence electrons. The summed E-state index contributed by atoms with van der Waals surface area (Å²) >= 11 is 0. The maximum absolute atomic E-state index is 13.1. The van der Waals surface area contributed by atoms with Gasteiger partial charge >= 0.3 is 0 Å². The van der Waals surface area contributed by atoms with E-state index in [0.717, 1.165) is 5.56 Å². The fraction of sp³-hybridized carbons (Fsp3) is 0.300. The average molecular weight is 374 g/mol. The number of nitrogens with one attached hydrogen (secondary N) is 2. The first-order chi connectivity index (χ1) is 13.0. The number of hydrogen-bond donors (Lipinski definition) is 2. The van der Waals surface area contributed by atoms with E-state index in [4.69, 9.17) is 9.47 Å². The van der Waals surface area contributed by atoms with Crippen LogP contribution in [0.4, 0.5) is 4.39 Å². The van der Waals surface area contributed by atoms with Crippen molar-refractivity contribution < 1.29 is 23.5 Å². The van der Waals surface area contributed by atoms with Gasteiger partial charge in [0.1, 0.15) is 5.82 Å². The predicted octanol–water partition coefficient (Wildman–Crippen LogP) is 2.32. The minimum Gasteiger partial charge on any atom is -0.493 e. The van der Waals surface area contributed by atoms with Gasteiger partial charge in [0, 0.05) is 25.1 Å². The van der Waals surface area contributed by atoms with Crippen LogP contribution in [0.15, 0.2) is 42.5 Å². The molecule has 0 aromatic heterocycles. The van der Waals surface area contributed by atoms with E-state index in [2.05, 4.69) is 10.6 Å². The van der Waals surface area contributed by atoms with Gasteiger partial charge in [0.2, 0.25) is 5.91 Å². The second-order valence-electron chi connectivity index (χ2n) is 5.81. The Hall–Kier alpha value is -3.09. The Morgan fingerprint density at radius 2 is 1.70 bits per heavy atom. The minimum atomic E-state index is -0.314. The second-order valence-corrected chi connectivity index (χ2v) is 5.81. The van der Waals surface area contributed by atoms with Crippen LogP contribution in [-0.2, 0) is 11.2 Å². The molecule has 0 saturated heterocycles. The minimum absolute atomic E-state index is 0.153. The molecule has 0 spiro atoms. The number of carbonyl (C=O) groups excluding carboxylic acids is 2. The van der Waals surface area contributed by atoms with Crippen molar-refractivity contribution >= 4 is 11.8 Å². The van der Waals surface area contributed by atoms with Crippen LogP contribution in [0.1, 0.15) is 22.3 Å². The molecule has 0 fully saturated rings. The van der Waals surface area contributed by atoms with Gasteiger partial charge in [-0.05, 0) is 42.3 Å². The summed E-state index contributed by atoms with van der Waals surface area (Å²) in [7, 11) is 3.02. The fourth-order valence-corrected chi connectivity index (χ4v) is 2.50. The van der Waals surface area contributed by atoms with E-state index in [0.29, 0.717) is 36.6 Å². The van der Waals surface area contributed by atoms with Crippen molar-refractivity contribution in [3.8, 4) is 11.5 Å². The Labute approximate surface area is 157 Å². The molecule has 2 N–H and O–H groups in total. The van der Waals surface area contributed by atoms with Crippen molar-refractivity contribution in [1.82, 2.24) is 10.6 Å². The number of aryl methyl sites for hydroxylation is 1. The van der Waals surface area contributed by atoms with E-state index >= 15 is 0 Å². The molecule has 0 bridgehead atoms. The molecule has 6 nitrogen and oxygen atoms in total. The maximum Gasteiger partial charge on any atom is 0.251 e. The first-order valence-corrected chi connectivity index (χ1v) is 8.55. The van der Waals surface area contributed by atoms with Gasteiger partial charge in [-0.2, -0.15) is 0 Å². The third-order valence-electron chi connectivity index (χ3n) is 3.91. The molecule has 2 amide bonds. The van der Waals surface area contributed by atoms with Crippen molar-refractivity contribution in [3.05, 3.63) is 59.4 Å². The maximum atomic E-state index is 13.1. The van der Waals surface area contributed by atoms with E-state index in [1.54, 1.807) is 30.3 Å². The summed E-state index contributed by atoms with van der Waals surface area (Å²) in [5.74, 6) is 0.269. The molecule has 0 saturated carbocycles. The quantitative estimate of drug-likeness (QED) is 0.661. The zero-order chi connectivity index (χ0) is 19.6. The molecule has 0 aliphatic rings. The molecule has 27 heavy (non-hydrogen) atoms. The summed E-state index contributed by atoms with van der Waals surface area (Å²) in [5.41, 5.74) is 1.21. The molecular weight excluding hydrogens is 351 g/mol. The van der Waals surface area contributed by atoms with Gasteiger partial charge in [-0.15, -0.1) is 0 Å². The molecule has 7 heteroatoms. The number of methoxy groups -OCH3 is 2. The average Bonchev–Trinajstić information content (AvgIpc) is 2.69. The smallest absolute Gasteiger partial charge is 0.251 e. The molecule has 0 aliphatic carbocycles. The van der Waals surface area contributed by atoms with Gasteiger partial charge in [0.15, 0.2) is 11.5 Å². The Bertz CT molecular complexity index is 795. The Kier molecular flexibility index (Phi) is 7.61. The molecule has 2 rings (SSSR count). The van der Waals surface area contributed by atoms with Crippen LogP contribution in [0.2, 0.25) is 0 Å². The van der Waals surface area contributed by atoms with Gasteiger partial charge in [0.05, 0.1) is 14.2 Å². The van der Waals surface area contributed by atoms with Crippen molar-refractivity contribution in [2.75, 3.05) is 27.3 Å². The summed E-state index contributed by atoms with van der Waals surface area (Å²) in [4.78, 5) is 24.0. The van der Waals surface area contributed by atoms with Crippen LogP contribution < -0.4 is 20.1 Å². The molecule has 2 aromatic rings. The molecule has 0 aliphatic heterocycles. The van der Waals surface area contributed by atoms with Gasteiger partial charge in [0.25, 0.3) is 5.91 Å². The summed E-state index contributed by atoms with van der Waals surface area (Å²) in [6.07, 6.45) is 0.717. The number of rotatable bonds is 9. The van der Waals surface area contributed by atoms with E-state index in [9.17, 15) is 14.0 Å². The first-order valence-electron chi connectivity index (χ1n) is 8.55. The van der Waals surface area contributed by atoms with Crippen LogP contribution in [0, 0.1) is 5.82 Å². The highest BCUT2D eigenvalue weighted by Crippen LogP contribution is 2.27. The highest BCUT2D eigenvalue weighted by molar-refractivity contribution is 5.94. The second kappa shape index (κ2) is 10.2. The van der Waals surface area contributed by atoms with Gasteiger partial charge in [-0.25, -0.2) is 4.39 Å². The topological polar surface area (TPSA) is 76.7 Å². The lowest BCUT2D eigenvalue weighted by molar-refractivity contribution is -0.121. The third-order valence-corrected chi connectivity index (χ3v) is 3.91. The Balaban J connectivity index is 1.71. The zero-order valence-corrected chi connectivity index (χ0v) is 15.4. The molecule has 2 aromatic carbocycles. The Morgan fingerprint density at radius 3 is 2.41 bits per heavy atom. The van der Waals surface area contributed by atoms with Crippen molar-refractivity contribution in [2.24, 2.45) is 0 Å². The predicted molar refractivity (Wildman–Crippen MR) is 99.6 cm³/mol. The molecule has 0 heterocycles. The van der Waals surface area contributed by atoms with E-state index < -0.39 is 0 Å². The number of benzene rings is 2. The molecule has 0 atom stereocenters. The highest BCUT2D eigenvalue weighted by Gasteiger charge is 2.10. The first kappa shape index (κ1) is 20.2. The SMILES string of the molecule is COc1ccc(C(=O)NCCNC(=O)CCc2cccc(F)c2)cc1OC. The van der Waals surface area contributed by atoms with Crippen LogP contribution in [0.5, 0.6) is 11.5 Å². The van der Waals surface area contributed by atoms with E-state index in [1.807, 2.05) is 0 Å². The van der Waals surface area contributed by atoms with E-state index in [1.165, 1.54) is 26.4 Å². The summed E-state index contributed by atoms with van der Waals surface area (Å²) < 4.78 is 23.4. The lowest BCUT2D eigenvalue weighted by Crippen LogP contribution is -2.34. The normalized spacial score (nSPS) is 10.2. The highest BCUT2D eigenvalue weighted by atomic mass is 19.1. The lowest BCUT2D eigenvalue weighted by Gasteiger charge is -2.10. The molecular formula is C20H23FN2O4. The summed E-state index contributed by atoms with van der Waals surface area (Å²) in [6, 6.07) is 11.1. The van der Waals surface area contributed by atoms with E-state index in [-0.39, 0.29) is 24.1 Å². The largest absolute Gasteiger partial charge is 0.493 e. The monoisotopic (exact) mass is 374 g/mol. The number of carbonyl (C=O) groups is 2. The number of hydrogen-bond acceptors (Lipinski definition) is 4. The van der Waals surface area contributed by atoms with Crippen molar-refractivity contribution in [3.63, 3.8) is 0 Å². The van der Waals surface area contributed by atoms with Gasteiger partial charge in [-0.1, -0.05) is 12.1 Å². The van der Waals surface area contributed by atoms with Crippen LogP contribution in [0.25, 0.3) is 0 Å². The number of halogens is 1. The number of amides is 2. The van der Waals surface area contributed by atoms with Gasteiger partial charge in [-0.3, -0.25) is 9.59 Å². The lowest BCUT2D eigenvalue weighted by atomic mass is 10.1. The van der Waals surface area contributed by atoms with Crippen LogP contribution >= 0.6 is 0 Å². The van der Waals surface area contributed by atoms with Gasteiger partial charge < -0.3 is 20.1 Å². The standard InChI is InChI=1S/C20H23FN2O4/c1-26-17-8-7-15(13-18(17)27-2)20(25)23-11-10-22-19(24)9-6-14-4-3-5-16(21)12-14/h3-5,7-8,12-13H,6,9-11H2,1-2H3,(H,22,24)(H,23,25). The van der Waals surface area contributed by atoms with Crippen LogP contribution in [0.3, 0.4) is 0 Å². The number of ether oxygens (including phenoxy) is 2. The summed E-state index contributed by atoms with van der Waals surface area (Å²) in [5, 5.41) is 5.45. The van der Waals surface area contributed by atoms with Crippen LogP contribution in [-0.4, -0.2) is 39.1 Å².